The van der Waals surface area contributed by atoms with Gasteiger partial charge in [0.2, 0.25) is 0 Å². The number of morpholine rings is 1. The predicted molar refractivity (Wildman–Crippen MR) is 83.7 cm³/mol. The third kappa shape index (κ3) is 2.77. The summed E-state index contributed by atoms with van der Waals surface area (Å²) in [6.45, 7) is 3.48. The van der Waals surface area contributed by atoms with Crippen LogP contribution in [0.4, 0.5) is 0 Å². The number of rotatable bonds is 4. The largest absolute Gasteiger partial charge is 0.459 e. The van der Waals surface area contributed by atoms with Gasteiger partial charge in [-0.05, 0) is 19.1 Å². The maximum absolute atomic E-state index is 12.7. The van der Waals surface area contributed by atoms with Crippen molar-refractivity contribution in [2.75, 3.05) is 33.4 Å². The smallest absolute Gasteiger partial charge is 0.282 e. The molecule has 1 aromatic heterocycles. The van der Waals surface area contributed by atoms with Crippen molar-refractivity contribution in [3.8, 4) is 0 Å². The zero-order chi connectivity index (χ0) is 15.7. The summed E-state index contributed by atoms with van der Waals surface area (Å²) in [6.07, 6.45) is 0. The number of hydrogen-bond acceptors (Lipinski definition) is 4. The molecule has 1 aliphatic heterocycles. The Morgan fingerprint density at radius 1 is 1.23 bits per heavy atom. The molecule has 6 nitrogen and oxygen atoms in total. The molecule has 1 aliphatic rings. The summed E-state index contributed by atoms with van der Waals surface area (Å²) in [6, 6.07) is 9.17. The number of furan rings is 1. The van der Waals surface area contributed by atoms with Gasteiger partial charge in [-0.1, -0.05) is 18.2 Å². The van der Waals surface area contributed by atoms with E-state index in [1.165, 1.54) is 8.61 Å². The summed E-state index contributed by atoms with van der Waals surface area (Å²) >= 11 is 0. The molecular weight excluding hydrogens is 304 g/mol. The Morgan fingerprint density at radius 3 is 2.59 bits per heavy atom. The molecule has 7 heteroatoms. The van der Waals surface area contributed by atoms with Crippen LogP contribution in [0.3, 0.4) is 0 Å². The summed E-state index contributed by atoms with van der Waals surface area (Å²) in [5.74, 6) is 0.639. The summed E-state index contributed by atoms with van der Waals surface area (Å²) in [4.78, 5) is 0. The van der Waals surface area contributed by atoms with E-state index in [2.05, 4.69) is 0 Å². The van der Waals surface area contributed by atoms with Crippen molar-refractivity contribution in [1.82, 2.24) is 8.61 Å². The van der Waals surface area contributed by atoms with Crippen LogP contribution in [0.25, 0.3) is 11.0 Å². The van der Waals surface area contributed by atoms with Crippen molar-refractivity contribution < 1.29 is 17.6 Å². The van der Waals surface area contributed by atoms with Gasteiger partial charge >= 0.3 is 0 Å². The lowest BCUT2D eigenvalue weighted by Crippen LogP contribution is -2.47. The second-order valence-corrected chi connectivity index (χ2v) is 7.39. The normalized spacial score (nSPS) is 18.9. The van der Waals surface area contributed by atoms with E-state index in [1.54, 1.807) is 7.05 Å². The van der Waals surface area contributed by atoms with Gasteiger partial charge in [-0.15, -0.1) is 0 Å². The molecule has 2 heterocycles. The van der Waals surface area contributed by atoms with Crippen LogP contribution >= 0.6 is 0 Å². The van der Waals surface area contributed by atoms with Gasteiger partial charge in [-0.2, -0.15) is 17.0 Å². The van der Waals surface area contributed by atoms with E-state index in [1.807, 2.05) is 37.3 Å². The molecular formula is C15H20N2O4S. The van der Waals surface area contributed by atoms with Crippen molar-refractivity contribution in [2.45, 2.75) is 13.0 Å². The Balaban J connectivity index is 1.85. The Hall–Kier alpha value is -1.41. The molecule has 22 heavy (non-hydrogen) atoms. The van der Waals surface area contributed by atoms with E-state index in [0.717, 1.165) is 11.0 Å². The van der Waals surface area contributed by atoms with Crippen molar-refractivity contribution in [3.63, 3.8) is 0 Å². The van der Waals surface area contributed by atoms with Crippen LogP contribution in [0.2, 0.25) is 0 Å². The van der Waals surface area contributed by atoms with Crippen LogP contribution < -0.4 is 0 Å². The summed E-state index contributed by atoms with van der Waals surface area (Å²) in [5, 5.41) is 0.974. The molecule has 120 valence electrons. The first kappa shape index (κ1) is 15.5. The molecule has 0 spiro atoms. The fourth-order valence-electron chi connectivity index (χ4n) is 2.55. The van der Waals surface area contributed by atoms with Crippen LogP contribution in [0.1, 0.15) is 18.7 Å². The van der Waals surface area contributed by atoms with Gasteiger partial charge in [0, 0.05) is 25.5 Å². The minimum Gasteiger partial charge on any atom is -0.459 e. The number of benzene rings is 1. The quantitative estimate of drug-likeness (QED) is 0.863. The van der Waals surface area contributed by atoms with Crippen molar-refractivity contribution >= 4 is 21.2 Å². The van der Waals surface area contributed by atoms with Crippen molar-refractivity contribution in [1.29, 1.82) is 0 Å². The SMILES string of the molecule is CC(c1cc2ccccc2o1)N(C)S(=O)(=O)N1CCOCC1. The highest BCUT2D eigenvalue weighted by Gasteiger charge is 2.33. The second kappa shape index (κ2) is 6.00. The highest BCUT2D eigenvalue weighted by molar-refractivity contribution is 7.86. The standard InChI is InChI=1S/C15H20N2O4S/c1-12(15-11-13-5-3-4-6-14(13)21-15)16(2)22(18,19)17-7-9-20-10-8-17/h3-6,11-12H,7-10H2,1-2H3. The molecule has 3 rings (SSSR count). The first-order valence-electron chi connectivity index (χ1n) is 7.29. The van der Waals surface area contributed by atoms with Crippen molar-refractivity contribution in [3.05, 3.63) is 36.1 Å². The van der Waals surface area contributed by atoms with E-state index in [0.29, 0.717) is 32.1 Å². The summed E-state index contributed by atoms with van der Waals surface area (Å²) < 4.78 is 39.2. The molecule has 0 radical (unpaired) electrons. The summed E-state index contributed by atoms with van der Waals surface area (Å²) in [7, 11) is -1.93. The second-order valence-electron chi connectivity index (χ2n) is 5.40. The minimum absolute atomic E-state index is 0.375. The number of hydrogen-bond donors (Lipinski definition) is 0. The molecule has 1 fully saturated rings. The van der Waals surface area contributed by atoms with Gasteiger partial charge in [0.25, 0.3) is 10.2 Å². The van der Waals surface area contributed by atoms with Gasteiger partial charge in [0.05, 0.1) is 19.3 Å². The lowest BCUT2D eigenvalue weighted by atomic mass is 10.2. The average molecular weight is 324 g/mol. The molecule has 1 saturated heterocycles. The molecule has 1 atom stereocenters. The third-order valence-corrected chi connectivity index (χ3v) is 6.12. The maximum Gasteiger partial charge on any atom is 0.282 e. The van der Waals surface area contributed by atoms with Crippen LogP contribution in [0.15, 0.2) is 34.7 Å². The molecule has 0 aliphatic carbocycles. The zero-order valence-corrected chi connectivity index (χ0v) is 13.5. The number of nitrogens with zero attached hydrogens (tertiary/aromatic N) is 2. The fourth-order valence-corrected chi connectivity index (χ4v) is 4.03. The molecule has 0 saturated carbocycles. The van der Waals surface area contributed by atoms with Crippen molar-refractivity contribution in [2.24, 2.45) is 0 Å². The van der Waals surface area contributed by atoms with E-state index >= 15 is 0 Å². The Bertz CT molecular complexity index is 717. The predicted octanol–water partition coefficient (Wildman–Crippen LogP) is 2.00. The van der Waals surface area contributed by atoms with E-state index < -0.39 is 10.2 Å². The number of para-hydroxylation sites is 1. The number of fused-ring (bicyclic) bond motifs is 1. The highest BCUT2D eigenvalue weighted by Crippen LogP contribution is 2.29. The monoisotopic (exact) mass is 324 g/mol. The Labute approximate surface area is 130 Å². The first-order chi connectivity index (χ1) is 10.5. The molecule has 0 amide bonds. The Kier molecular flexibility index (Phi) is 4.22. The van der Waals surface area contributed by atoms with Crippen LogP contribution in [0.5, 0.6) is 0 Å². The highest BCUT2D eigenvalue weighted by atomic mass is 32.2. The molecule has 0 bridgehead atoms. The first-order valence-corrected chi connectivity index (χ1v) is 8.69. The fraction of sp³-hybridized carbons (Fsp3) is 0.467. The number of ether oxygens (including phenoxy) is 1. The van der Waals surface area contributed by atoms with E-state index in [4.69, 9.17) is 9.15 Å². The van der Waals surface area contributed by atoms with E-state index in [9.17, 15) is 8.42 Å². The van der Waals surface area contributed by atoms with Crippen LogP contribution in [-0.4, -0.2) is 50.4 Å². The molecule has 1 unspecified atom stereocenters. The topological polar surface area (TPSA) is 63.0 Å². The van der Waals surface area contributed by atoms with Gasteiger partial charge in [-0.25, -0.2) is 0 Å². The molecule has 0 N–H and O–H groups in total. The van der Waals surface area contributed by atoms with Gasteiger partial charge in [0.15, 0.2) is 0 Å². The Morgan fingerprint density at radius 2 is 1.91 bits per heavy atom. The lowest BCUT2D eigenvalue weighted by Gasteiger charge is -2.32. The molecule has 2 aromatic rings. The third-order valence-electron chi connectivity index (χ3n) is 4.06. The zero-order valence-electron chi connectivity index (χ0n) is 12.7. The van der Waals surface area contributed by atoms with Gasteiger partial charge < -0.3 is 9.15 Å². The lowest BCUT2D eigenvalue weighted by molar-refractivity contribution is 0.0698. The maximum atomic E-state index is 12.7. The van der Waals surface area contributed by atoms with Gasteiger partial charge in [0.1, 0.15) is 11.3 Å². The molecule has 1 aromatic carbocycles. The summed E-state index contributed by atoms with van der Waals surface area (Å²) in [5.41, 5.74) is 0.765. The average Bonchev–Trinajstić information content (AvgIpc) is 2.98. The minimum atomic E-state index is -3.52. The van der Waals surface area contributed by atoms with E-state index in [-0.39, 0.29) is 6.04 Å². The van der Waals surface area contributed by atoms with Crippen LogP contribution in [-0.2, 0) is 14.9 Å². The van der Waals surface area contributed by atoms with Gasteiger partial charge in [-0.3, -0.25) is 0 Å². The van der Waals surface area contributed by atoms with Crippen LogP contribution in [0, 0.1) is 0 Å².